The average Bonchev–Trinajstić information content (AvgIpc) is 2.81. The van der Waals surface area contributed by atoms with Crippen molar-refractivity contribution in [1.82, 2.24) is 0 Å². The summed E-state index contributed by atoms with van der Waals surface area (Å²) in [6.07, 6.45) is -2.59. The molecule has 0 aromatic heterocycles. The van der Waals surface area contributed by atoms with E-state index in [4.69, 9.17) is 9.47 Å². The molecule has 1 aliphatic rings. The summed E-state index contributed by atoms with van der Waals surface area (Å²) in [6, 6.07) is 19.4. The van der Waals surface area contributed by atoms with Crippen molar-refractivity contribution in [2.24, 2.45) is 0 Å². The zero-order valence-electron chi connectivity index (χ0n) is 17.1. The summed E-state index contributed by atoms with van der Waals surface area (Å²) in [5.41, 5.74) is 0. The largest absolute Gasteiger partial charge is 0.504 e. The molecule has 1 heterocycles. The smallest absolute Gasteiger partial charge is 0.164 e. The molecule has 0 radical (unpaired) electrons. The van der Waals surface area contributed by atoms with Crippen LogP contribution in [-0.2, 0) is 9.30 Å². The van der Waals surface area contributed by atoms with Gasteiger partial charge in [0.1, 0.15) is 19.3 Å². The van der Waals surface area contributed by atoms with E-state index in [1.54, 1.807) is 48.5 Å². The Hall–Kier alpha value is -2.73. The molecule has 5 nitrogen and oxygen atoms in total. The van der Waals surface area contributed by atoms with E-state index >= 15 is 0 Å². The van der Waals surface area contributed by atoms with Crippen molar-refractivity contribution < 1.29 is 33.0 Å². The molecular formula is C24H23F2O5P. The number of aliphatic hydroxyl groups is 1. The Balaban J connectivity index is 1.60. The molecule has 1 saturated heterocycles. The summed E-state index contributed by atoms with van der Waals surface area (Å²) in [6.45, 7) is 0.209. The summed E-state index contributed by atoms with van der Waals surface area (Å²) in [7, 11) is -3.16. The van der Waals surface area contributed by atoms with E-state index < -0.39 is 42.8 Å². The van der Waals surface area contributed by atoms with Crippen LogP contribution in [0, 0.1) is 11.6 Å². The number of halogens is 2. The van der Waals surface area contributed by atoms with Crippen molar-refractivity contribution in [2.75, 3.05) is 12.8 Å². The lowest BCUT2D eigenvalue weighted by Crippen LogP contribution is -2.49. The van der Waals surface area contributed by atoms with E-state index in [1.807, 2.05) is 12.1 Å². The molecule has 3 aromatic rings. The first-order valence-electron chi connectivity index (χ1n) is 10.2. The number of phenols is 1. The van der Waals surface area contributed by atoms with Crippen LogP contribution in [0.2, 0.25) is 0 Å². The fraction of sp³-hybridized carbons (Fsp3) is 0.250. The molecule has 0 spiro atoms. The number of aromatic hydroxyl groups is 1. The average molecular weight is 460 g/mol. The lowest BCUT2D eigenvalue weighted by molar-refractivity contribution is -0.117. The first-order valence-corrected chi connectivity index (χ1v) is 12.1. The van der Waals surface area contributed by atoms with Gasteiger partial charge in [0.15, 0.2) is 23.1 Å². The number of phenolic OH excluding ortho intramolecular Hbond substituents is 1. The fourth-order valence-corrected chi connectivity index (χ4v) is 6.72. The van der Waals surface area contributed by atoms with E-state index in [-0.39, 0.29) is 24.9 Å². The minimum atomic E-state index is -3.16. The van der Waals surface area contributed by atoms with E-state index in [2.05, 4.69) is 0 Å². The van der Waals surface area contributed by atoms with Crippen LogP contribution in [0.1, 0.15) is 6.42 Å². The minimum absolute atomic E-state index is 0.0335. The Kier molecular flexibility index (Phi) is 6.60. The molecule has 1 fully saturated rings. The molecule has 0 aliphatic carbocycles. The molecule has 32 heavy (non-hydrogen) atoms. The van der Waals surface area contributed by atoms with Crippen LogP contribution >= 0.6 is 7.14 Å². The van der Waals surface area contributed by atoms with Gasteiger partial charge in [0.2, 0.25) is 0 Å². The zero-order chi connectivity index (χ0) is 22.7. The van der Waals surface area contributed by atoms with Crippen LogP contribution in [0.25, 0.3) is 0 Å². The number of hydrogen-bond acceptors (Lipinski definition) is 5. The molecule has 0 saturated carbocycles. The van der Waals surface area contributed by atoms with E-state index in [1.165, 1.54) is 0 Å². The molecule has 2 N–H and O–H groups in total. The van der Waals surface area contributed by atoms with Gasteiger partial charge in [0.05, 0.1) is 12.7 Å². The maximum Gasteiger partial charge on any atom is 0.164 e. The summed E-state index contributed by atoms with van der Waals surface area (Å²) >= 11 is 0. The molecule has 168 valence electrons. The first-order chi connectivity index (χ1) is 15.4. The van der Waals surface area contributed by atoms with Crippen LogP contribution in [-0.4, -0.2) is 41.3 Å². The molecule has 0 amide bonds. The topological polar surface area (TPSA) is 76.0 Å². The van der Waals surface area contributed by atoms with Gasteiger partial charge >= 0.3 is 0 Å². The third-order valence-corrected chi connectivity index (χ3v) is 8.70. The van der Waals surface area contributed by atoms with E-state index in [0.717, 1.165) is 6.07 Å². The van der Waals surface area contributed by atoms with E-state index in [0.29, 0.717) is 16.7 Å². The first kappa shape index (κ1) is 22.5. The maximum absolute atomic E-state index is 14.3. The van der Waals surface area contributed by atoms with Crippen molar-refractivity contribution in [1.29, 1.82) is 0 Å². The Morgan fingerprint density at radius 1 is 0.969 bits per heavy atom. The Bertz CT molecular complexity index is 1070. The fourth-order valence-electron chi connectivity index (χ4n) is 3.86. The van der Waals surface area contributed by atoms with Crippen LogP contribution in [0.3, 0.4) is 0 Å². The third kappa shape index (κ3) is 4.56. The second kappa shape index (κ2) is 9.41. The molecule has 8 heteroatoms. The van der Waals surface area contributed by atoms with Gasteiger partial charge in [-0.1, -0.05) is 60.7 Å². The van der Waals surface area contributed by atoms with E-state index in [9.17, 15) is 23.6 Å². The molecule has 3 atom stereocenters. The van der Waals surface area contributed by atoms with Crippen molar-refractivity contribution in [3.8, 4) is 11.5 Å². The Morgan fingerprint density at radius 3 is 2.12 bits per heavy atom. The zero-order valence-corrected chi connectivity index (χ0v) is 18.0. The number of rotatable bonds is 6. The van der Waals surface area contributed by atoms with Gasteiger partial charge in [-0.05, 0) is 0 Å². The number of hydrogen-bond donors (Lipinski definition) is 2. The Morgan fingerprint density at radius 2 is 1.53 bits per heavy atom. The molecule has 0 unspecified atom stereocenters. The standard InChI is InChI=1S/C24H23F2O5P/c25-18-13-20(27)22(14-19(18)26)31-21-11-12-30-23(24(21)28)15-32(29,16-7-3-1-4-8-16)17-9-5-2-6-10-17/h1-10,13-14,21,23-24,27-28H,11-12,15H2/t21-,23+,24-/m0/s1. The molecular weight excluding hydrogens is 437 g/mol. The molecule has 1 aliphatic heterocycles. The lowest BCUT2D eigenvalue weighted by atomic mass is 10.0. The van der Waals surface area contributed by atoms with Crippen molar-refractivity contribution in [3.05, 3.63) is 84.4 Å². The SMILES string of the molecule is O=P(C[C@H]1OCC[C@H](Oc2cc(F)c(F)cc2O)[C@@H]1O)(c1ccccc1)c1ccccc1. The van der Waals surface area contributed by atoms with Gasteiger partial charge in [-0.25, -0.2) is 8.78 Å². The van der Waals surface area contributed by atoms with Gasteiger partial charge in [-0.3, -0.25) is 0 Å². The summed E-state index contributed by atoms with van der Waals surface area (Å²) in [4.78, 5) is 0. The normalized spacial score (nSPS) is 21.3. The number of aliphatic hydroxyl groups excluding tert-OH is 1. The molecule has 4 rings (SSSR count). The van der Waals surface area contributed by atoms with Crippen LogP contribution in [0.4, 0.5) is 8.78 Å². The molecule has 3 aromatic carbocycles. The third-order valence-electron chi connectivity index (χ3n) is 5.56. The van der Waals surface area contributed by atoms with Crippen molar-refractivity contribution in [2.45, 2.75) is 24.7 Å². The van der Waals surface area contributed by atoms with Gasteiger partial charge in [0.25, 0.3) is 0 Å². The highest BCUT2D eigenvalue weighted by Gasteiger charge is 2.40. The van der Waals surface area contributed by atoms with Crippen LogP contribution in [0.5, 0.6) is 11.5 Å². The maximum atomic E-state index is 14.3. The van der Waals surface area contributed by atoms with Crippen LogP contribution in [0.15, 0.2) is 72.8 Å². The lowest BCUT2D eigenvalue weighted by Gasteiger charge is -2.36. The highest BCUT2D eigenvalue weighted by molar-refractivity contribution is 7.78. The van der Waals surface area contributed by atoms with Gasteiger partial charge in [-0.15, -0.1) is 0 Å². The highest BCUT2D eigenvalue weighted by Crippen LogP contribution is 2.45. The number of ether oxygens (including phenoxy) is 2. The quantitative estimate of drug-likeness (QED) is 0.550. The highest BCUT2D eigenvalue weighted by atomic mass is 31.2. The van der Waals surface area contributed by atoms with Gasteiger partial charge in [0, 0.05) is 35.3 Å². The predicted molar refractivity (Wildman–Crippen MR) is 117 cm³/mol. The van der Waals surface area contributed by atoms with Gasteiger partial charge < -0.3 is 24.3 Å². The predicted octanol–water partition coefficient (Wildman–Crippen LogP) is 3.58. The Labute approximate surface area is 184 Å². The van der Waals surface area contributed by atoms with Crippen molar-refractivity contribution >= 4 is 17.8 Å². The van der Waals surface area contributed by atoms with Crippen LogP contribution < -0.4 is 15.3 Å². The molecule has 0 bridgehead atoms. The summed E-state index contributed by atoms with van der Waals surface area (Å²) in [5, 5.41) is 22.1. The second-order valence-corrected chi connectivity index (χ2v) is 10.5. The summed E-state index contributed by atoms with van der Waals surface area (Å²) < 4.78 is 52.5. The second-order valence-electron chi connectivity index (χ2n) is 7.67. The summed E-state index contributed by atoms with van der Waals surface area (Å²) in [5.74, 6) is -3.22. The van der Waals surface area contributed by atoms with Crippen molar-refractivity contribution in [3.63, 3.8) is 0 Å². The monoisotopic (exact) mass is 460 g/mol. The minimum Gasteiger partial charge on any atom is -0.504 e. The van der Waals surface area contributed by atoms with Gasteiger partial charge in [-0.2, -0.15) is 0 Å². The number of benzene rings is 3.